The van der Waals surface area contributed by atoms with Crippen molar-refractivity contribution >= 4 is 24.4 Å². The molecule has 0 bridgehead atoms. The molecule has 0 aliphatic heterocycles. The van der Waals surface area contributed by atoms with E-state index in [9.17, 15) is 14.2 Å². The van der Waals surface area contributed by atoms with Crippen LogP contribution < -0.4 is 14.8 Å². The summed E-state index contributed by atoms with van der Waals surface area (Å²) in [4.78, 5) is 26.3. The van der Waals surface area contributed by atoms with Gasteiger partial charge in [-0.15, -0.1) is 0 Å². The van der Waals surface area contributed by atoms with Gasteiger partial charge in [0.25, 0.3) is 0 Å². The van der Waals surface area contributed by atoms with Gasteiger partial charge in [0.1, 0.15) is 16.8 Å². The van der Waals surface area contributed by atoms with Crippen molar-refractivity contribution in [2.75, 3.05) is 14.2 Å². The Labute approximate surface area is 182 Å². The van der Waals surface area contributed by atoms with Gasteiger partial charge in [0.2, 0.25) is 5.52 Å². The molecule has 6 heteroatoms. The summed E-state index contributed by atoms with van der Waals surface area (Å²) in [6.07, 6.45) is 0. The van der Waals surface area contributed by atoms with E-state index in [0.717, 1.165) is 0 Å². The zero-order chi connectivity index (χ0) is 22.7. The first-order valence-corrected chi connectivity index (χ1v) is 11.0. The quantitative estimate of drug-likeness (QED) is 0.379. The van der Waals surface area contributed by atoms with Gasteiger partial charge in [-0.1, -0.05) is 36.4 Å². The lowest BCUT2D eigenvalue weighted by Crippen LogP contribution is -2.14. The molecule has 0 amide bonds. The molecule has 0 saturated heterocycles. The lowest BCUT2D eigenvalue weighted by Gasteiger charge is -2.17. The number of hydrogen-bond acceptors (Lipinski definition) is 5. The summed E-state index contributed by atoms with van der Waals surface area (Å²) in [6, 6.07) is 15.7. The van der Waals surface area contributed by atoms with Gasteiger partial charge in [0, 0.05) is 16.7 Å². The monoisotopic (exact) mass is 435 g/mol. The maximum atomic E-state index is 13.3. The molecule has 159 valence electrons. The fourth-order valence-electron chi connectivity index (χ4n) is 3.63. The Kier molecular flexibility index (Phi) is 6.67. The highest BCUT2D eigenvalue weighted by molar-refractivity contribution is 7.72. The van der Waals surface area contributed by atoms with E-state index < -0.39 is 13.3 Å². The van der Waals surface area contributed by atoms with Gasteiger partial charge in [-0.3, -0.25) is 14.2 Å². The molecule has 1 atom stereocenters. The number of ether oxygens (including phenoxy) is 2. The number of hydrogen-bond donors (Lipinski definition) is 0. The minimum Gasteiger partial charge on any atom is -0.496 e. The Morgan fingerprint density at radius 1 is 0.806 bits per heavy atom. The second kappa shape index (κ2) is 9.23. The van der Waals surface area contributed by atoms with Crippen LogP contribution in [0.4, 0.5) is 0 Å². The summed E-state index contributed by atoms with van der Waals surface area (Å²) in [5.41, 5.74) is 2.88. The van der Waals surface area contributed by atoms with Crippen LogP contribution in [0.15, 0.2) is 54.6 Å². The molecule has 3 aromatic rings. The summed E-state index contributed by atoms with van der Waals surface area (Å²) >= 11 is 0. The summed E-state index contributed by atoms with van der Waals surface area (Å²) in [6.45, 7) is 5.34. The molecule has 0 N–H and O–H groups in total. The molecule has 0 aromatic heterocycles. The van der Waals surface area contributed by atoms with Crippen molar-refractivity contribution in [1.29, 1.82) is 0 Å². The first-order chi connectivity index (χ1) is 14.8. The van der Waals surface area contributed by atoms with Crippen LogP contribution in [-0.2, 0) is 4.57 Å². The molecule has 0 spiro atoms. The molecule has 0 aliphatic rings. The fraction of sp³-hybridized carbons (Fsp3) is 0.200. The largest absolute Gasteiger partial charge is 0.496 e. The molecule has 0 saturated carbocycles. The van der Waals surface area contributed by atoms with Crippen molar-refractivity contribution in [1.82, 2.24) is 0 Å². The molecule has 3 aromatic carbocycles. The SMILES string of the molecule is COc1cccc(OC)c1[P](=O)C(=O)c1c(C)cc(C(=O)c2ccccc2)c(C)c1C. The molecule has 0 aliphatic carbocycles. The highest BCUT2D eigenvalue weighted by Crippen LogP contribution is 2.38. The fourth-order valence-corrected chi connectivity index (χ4v) is 5.11. The van der Waals surface area contributed by atoms with Gasteiger partial charge >= 0.3 is 0 Å². The van der Waals surface area contributed by atoms with Crippen molar-refractivity contribution in [2.24, 2.45) is 0 Å². The third-order valence-corrected chi connectivity index (χ3v) is 6.82. The average molecular weight is 435 g/mol. The standard InChI is InChI=1S/C25H24O5P/c1-15-14-19(23(26)18-10-7-6-8-11-18)16(2)17(3)22(15)25(27)31(28)24-20(29-4)12-9-13-21(24)30-5/h6-14H,1-5H3. The first-order valence-electron chi connectivity index (χ1n) is 9.74. The van der Waals surface area contributed by atoms with Crippen molar-refractivity contribution in [3.05, 3.63) is 88.0 Å². The average Bonchev–Trinajstić information content (AvgIpc) is 2.80. The maximum absolute atomic E-state index is 13.3. The highest BCUT2D eigenvalue weighted by atomic mass is 31.1. The van der Waals surface area contributed by atoms with Crippen LogP contribution in [0.5, 0.6) is 11.5 Å². The lowest BCUT2D eigenvalue weighted by atomic mass is 9.90. The van der Waals surface area contributed by atoms with Crippen molar-refractivity contribution < 1.29 is 23.6 Å². The van der Waals surface area contributed by atoms with Crippen molar-refractivity contribution in [3.63, 3.8) is 0 Å². The molecule has 1 radical (unpaired) electrons. The van der Waals surface area contributed by atoms with Gasteiger partial charge < -0.3 is 9.47 Å². The van der Waals surface area contributed by atoms with Crippen LogP contribution in [0.25, 0.3) is 0 Å². The van der Waals surface area contributed by atoms with Gasteiger partial charge in [-0.05, 0) is 55.7 Å². The Bertz CT molecular complexity index is 1160. The predicted octanol–water partition coefficient (Wildman–Crippen LogP) is 5.15. The number of ketones is 1. The summed E-state index contributed by atoms with van der Waals surface area (Å²) in [7, 11) is 0.406. The van der Waals surface area contributed by atoms with Crippen molar-refractivity contribution in [2.45, 2.75) is 20.8 Å². The van der Waals surface area contributed by atoms with Gasteiger partial charge in [-0.25, -0.2) is 0 Å². The van der Waals surface area contributed by atoms with E-state index in [1.807, 2.05) is 18.2 Å². The van der Waals surface area contributed by atoms with E-state index in [0.29, 0.717) is 44.9 Å². The van der Waals surface area contributed by atoms with Gasteiger partial charge in [0.05, 0.1) is 14.2 Å². The lowest BCUT2D eigenvalue weighted by molar-refractivity contribution is 0.103. The third kappa shape index (κ3) is 4.14. The molecular formula is C25H24O5P. The van der Waals surface area contributed by atoms with Crippen LogP contribution >= 0.6 is 7.80 Å². The zero-order valence-electron chi connectivity index (χ0n) is 18.2. The zero-order valence-corrected chi connectivity index (χ0v) is 19.1. The van der Waals surface area contributed by atoms with Gasteiger partial charge in [0.15, 0.2) is 13.6 Å². The van der Waals surface area contributed by atoms with E-state index >= 15 is 0 Å². The van der Waals surface area contributed by atoms with Crippen LogP contribution in [0.2, 0.25) is 0 Å². The molecule has 3 rings (SSSR count). The Balaban J connectivity index is 2.09. The van der Waals surface area contributed by atoms with Crippen LogP contribution in [-0.4, -0.2) is 25.5 Å². The topological polar surface area (TPSA) is 69.7 Å². The van der Waals surface area contributed by atoms with E-state index in [1.54, 1.807) is 57.2 Å². The number of carbonyl (C=O) groups excluding carboxylic acids is 2. The van der Waals surface area contributed by atoms with Crippen molar-refractivity contribution in [3.8, 4) is 11.5 Å². The summed E-state index contributed by atoms with van der Waals surface area (Å²) < 4.78 is 24.0. The minimum absolute atomic E-state index is 0.112. The Hall–Kier alpha value is -3.30. The van der Waals surface area contributed by atoms with E-state index in [4.69, 9.17) is 9.47 Å². The second-order valence-corrected chi connectivity index (χ2v) is 8.61. The molecule has 0 fully saturated rings. The summed E-state index contributed by atoms with van der Waals surface area (Å²) in [5, 5.41) is 0.230. The normalized spacial score (nSPS) is 11.1. The van der Waals surface area contributed by atoms with E-state index in [1.165, 1.54) is 14.2 Å². The predicted molar refractivity (Wildman–Crippen MR) is 122 cm³/mol. The molecule has 5 nitrogen and oxygen atoms in total. The third-order valence-electron chi connectivity index (χ3n) is 5.38. The number of rotatable bonds is 7. The van der Waals surface area contributed by atoms with E-state index in [-0.39, 0.29) is 11.1 Å². The second-order valence-electron chi connectivity index (χ2n) is 7.17. The Morgan fingerprint density at radius 2 is 1.39 bits per heavy atom. The number of carbonyl (C=O) groups is 2. The maximum Gasteiger partial charge on any atom is 0.247 e. The first kappa shape index (κ1) is 22.4. The molecule has 1 unspecified atom stereocenters. The summed E-state index contributed by atoms with van der Waals surface area (Å²) in [5.74, 6) is 0.549. The van der Waals surface area contributed by atoms with E-state index in [2.05, 4.69) is 0 Å². The number of benzene rings is 3. The smallest absolute Gasteiger partial charge is 0.247 e. The van der Waals surface area contributed by atoms with Crippen LogP contribution in [0.1, 0.15) is 43.0 Å². The molecule has 0 heterocycles. The highest BCUT2D eigenvalue weighted by Gasteiger charge is 2.29. The van der Waals surface area contributed by atoms with Crippen LogP contribution in [0.3, 0.4) is 0 Å². The van der Waals surface area contributed by atoms with Crippen LogP contribution in [0, 0.1) is 20.8 Å². The molecule has 31 heavy (non-hydrogen) atoms. The number of aryl methyl sites for hydroxylation is 1. The molecular weight excluding hydrogens is 411 g/mol. The minimum atomic E-state index is -2.50. The Morgan fingerprint density at radius 3 is 1.94 bits per heavy atom. The van der Waals surface area contributed by atoms with Gasteiger partial charge in [-0.2, -0.15) is 0 Å². The number of methoxy groups -OCH3 is 2.